The molecule has 0 saturated heterocycles. The number of carbonyl (C=O) groups excluding carboxylic acids is 2. The van der Waals surface area contributed by atoms with Gasteiger partial charge in [0.25, 0.3) is 0 Å². The summed E-state index contributed by atoms with van der Waals surface area (Å²) in [7, 11) is 1.56. The van der Waals surface area contributed by atoms with E-state index in [-0.39, 0.29) is 18.2 Å². The highest BCUT2D eigenvalue weighted by molar-refractivity contribution is 5.96. The molecule has 0 aliphatic carbocycles. The van der Waals surface area contributed by atoms with Crippen LogP contribution >= 0.6 is 0 Å². The Labute approximate surface area is 129 Å². The zero-order valence-corrected chi connectivity index (χ0v) is 12.6. The van der Waals surface area contributed by atoms with Gasteiger partial charge in [-0.3, -0.25) is 9.59 Å². The molecule has 1 amide bonds. The SMILES string of the molecule is COc1ccccc1NC(=O)CNc1ccc(C(C)=O)cc1. The summed E-state index contributed by atoms with van der Waals surface area (Å²) in [6.45, 7) is 1.64. The second-order valence-electron chi connectivity index (χ2n) is 4.74. The molecule has 0 radical (unpaired) electrons. The van der Waals surface area contributed by atoms with Crippen LogP contribution in [0.5, 0.6) is 5.75 Å². The van der Waals surface area contributed by atoms with Crippen molar-refractivity contribution >= 4 is 23.1 Å². The Kier molecular flexibility index (Phi) is 5.14. The van der Waals surface area contributed by atoms with Crippen molar-refractivity contribution in [3.05, 3.63) is 54.1 Å². The van der Waals surface area contributed by atoms with Gasteiger partial charge in [-0.25, -0.2) is 0 Å². The van der Waals surface area contributed by atoms with E-state index in [0.29, 0.717) is 17.0 Å². The molecular weight excluding hydrogens is 280 g/mol. The molecule has 22 heavy (non-hydrogen) atoms. The van der Waals surface area contributed by atoms with Gasteiger partial charge in [0.2, 0.25) is 5.91 Å². The number of carbonyl (C=O) groups is 2. The summed E-state index contributed by atoms with van der Waals surface area (Å²) >= 11 is 0. The fourth-order valence-electron chi connectivity index (χ4n) is 1.95. The summed E-state index contributed by atoms with van der Waals surface area (Å²) in [5, 5.41) is 5.78. The van der Waals surface area contributed by atoms with Crippen LogP contribution in [0, 0.1) is 0 Å². The number of nitrogens with one attached hydrogen (secondary N) is 2. The van der Waals surface area contributed by atoms with Gasteiger partial charge in [0.1, 0.15) is 5.75 Å². The van der Waals surface area contributed by atoms with Gasteiger partial charge in [0.15, 0.2) is 5.78 Å². The predicted molar refractivity (Wildman–Crippen MR) is 86.6 cm³/mol. The Balaban J connectivity index is 1.91. The summed E-state index contributed by atoms with van der Waals surface area (Å²) in [6.07, 6.45) is 0. The van der Waals surface area contributed by atoms with Crippen molar-refractivity contribution < 1.29 is 14.3 Å². The number of methoxy groups -OCH3 is 1. The van der Waals surface area contributed by atoms with Crippen molar-refractivity contribution in [2.24, 2.45) is 0 Å². The number of ether oxygens (including phenoxy) is 1. The summed E-state index contributed by atoms with van der Waals surface area (Å²) in [5.41, 5.74) is 2.05. The lowest BCUT2D eigenvalue weighted by Gasteiger charge is -2.11. The van der Waals surface area contributed by atoms with Crippen LogP contribution in [-0.2, 0) is 4.79 Å². The minimum Gasteiger partial charge on any atom is -0.495 e. The van der Waals surface area contributed by atoms with Crippen LogP contribution in [0.2, 0.25) is 0 Å². The molecule has 0 saturated carbocycles. The Bertz CT molecular complexity index is 666. The van der Waals surface area contributed by atoms with Crippen molar-refractivity contribution in [3.8, 4) is 5.75 Å². The molecule has 2 aromatic carbocycles. The van der Waals surface area contributed by atoms with Crippen molar-refractivity contribution in [1.82, 2.24) is 0 Å². The minimum atomic E-state index is -0.180. The molecule has 0 heterocycles. The third-order valence-corrected chi connectivity index (χ3v) is 3.13. The molecule has 0 aliphatic rings. The van der Waals surface area contributed by atoms with E-state index in [0.717, 1.165) is 5.69 Å². The van der Waals surface area contributed by atoms with E-state index < -0.39 is 0 Å². The van der Waals surface area contributed by atoms with E-state index in [2.05, 4.69) is 10.6 Å². The summed E-state index contributed by atoms with van der Waals surface area (Å²) in [6, 6.07) is 14.2. The predicted octanol–water partition coefficient (Wildman–Crippen LogP) is 2.95. The number of Topliss-reactive ketones (excluding diaryl/α,β-unsaturated/α-hetero) is 1. The van der Waals surface area contributed by atoms with E-state index in [4.69, 9.17) is 4.74 Å². The molecule has 0 aliphatic heterocycles. The summed E-state index contributed by atoms with van der Waals surface area (Å²) in [5.74, 6) is 0.447. The standard InChI is InChI=1S/C17H18N2O3/c1-12(20)13-7-9-14(10-8-13)18-11-17(21)19-15-5-3-4-6-16(15)22-2/h3-10,18H,11H2,1-2H3,(H,19,21). The first-order valence-corrected chi connectivity index (χ1v) is 6.88. The lowest BCUT2D eigenvalue weighted by atomic mass is 10.1. The van der Waals surface area contributed by atoms with E-state index in [9.17, 15) is 9.59 Å². The van der Waals surface area contributed by atoms with Crippen LogP contribution in [0.25, 0.3) is 0 Å². The molecule has 2 aromatic rings. The highest BCUT2D eigenvalue weighted by Crippen LogP contribution is 2.22. The molecule has 0 unspecified atom stereocenters. The van der Waals surface area contributed by atoms with Gasteiger partial charge in [0.05, 0.1) is 19.3 Å². The Morgan fingerprint density at radius 3 is 2.36 bits per heavy atom. The third-order valence-electron chi connectivity index (χ3n) is 3.13. The van der Waals surface area contributed by atoms with E-state index >= 15 is 0 Å². The molecule has 0 spiro atoms. The first kappa shape index (κ1) is 15.6. The number of anilines is 2. The van der Waals surface area contributed by atoms with Gasteiger partial charge in [-0.2, -0.15) is 0 Å². The van der Waals surface area contributed by atoms with Crippen LogP contribution in [-0.4, -0.2) is 25.3 Å². The second-order valence-corrected chi connectivity index (χ2v) is 4.74. The first-order valence-electron chi connectivity index (χ1n) is 6.88. The molecule has 0 fully saturated rings. The van der Waals surface area contributed by atoms with Gasteiger partial charge in [0, 0.05) is 11.3 Å². The zero-order chi connectivity index (χ0) is 15.9. The quantitative estimate of drug-likeness (QED) is 0.805. The molecule has 2 rings (SSSR count). The minimum absolute atomic E-state index is 0.0143. The molecule has 0 atom stereocenters. The number of para-hydroxylation sites is 2. The maximum atomic E-state index is 11.9. The zero-order valence-electron chi connectivity index (χ0n) is 12.6. The Hall–Kier alpha value is -2.82. The lowest BCUT2D eigenvalue weighted by molar-refractivity contribution is -0.114. The van der Waals surface area contributed by atoms with E-state index in [1.807, 2.05) is 12.1 Å². The van der Waals surface area contributed by atoms with Crippen molar-refractivity contribution in [2.45, 2.75) is 6.92 Å². The van der Waals surface area contributed by atoms with Gasteiger partial charge in [-0.1, -0.05) is 12.1 Å². The fraction of sp³-hybridized carbons (Fsp3) is 0.176. The van der Waals surface area contributed by atoms with Gasteiger partial charge >= 0.3 is 0 Å². The Morgan fingerprint density at radius 1 is 1.05 bits per heavy atom. The van der Waals surface area contributed by atoms with Crippen LogP contribution in [0.4, 0.5) is 11.4 Å². The fourth-order valence-corrected chi connectivity index (χ4v) is 1.95. The third kappa shape index (κ3) is 4.09. The molecular formula is C17H18N2O3. The molecule has 0 aromatic heterocycles. The monoisotopic (exact) mass is 298 g/mol. The number of rotatable bonds is 6. The highest BCUT2D eigenvalue weighted by atomic mass is 16.5. The summed E-state index contributed by atoms with van der Waals surface area (Å²) < 4.78 is 5.18. The lowest BCUT2D eigenvalue weighted by Crippen LogP contribution is -2.22. The van der Waals surface area contributed by atoms with Crippen LogP contribution in [0.15, 0.2) is 48.5 Å². The van der Waals surface area contributed by atoms with Crippen molar-refractivity contribution in [2.75, 3.05) is 24.3 Å². The smallest absolute Gasteiger partial charge is 0.243 e. The van der Waals surface area contributed by atoms with Crippen LogP contribution < -0.4 is 15.4 Å². The average molecular weight is 298 g/mol. The topological polar surface area (TPSA) is 67.4 Å². The number of ketones is 1. The Morgan fingerprint density at radius 2 is 1.73 bits per heavy atom. The maximum absolute atomic E-state index is 11.9. The van der Waals surface area contributed by atoms with E-state index in [1.165, 1.54) is 6.92 Å². The van der Waals surface area contributed by atoms with Gasteiger partial charge in [-0.15, -0.1) is 0 Å². The highest BCUT2D eigenvalue weighted by Gasteiger charge is 2.06. The van der Waals surface area contributed by atoms with E-state index in [1.54, 1.807) is 43.5 Å². The normalized spacial score (nSPS) is 9.91. The molecule has 2 N–H and O–H groups in total. The molecule has 114 valence electrons. The maximum Gasteiger partial charge on any atom is 0.243 e. The first-order chi connectivity index (χ1) is 10.6. The van der Waals surface area contributed by atoms with Crippen LogP contribution in [0.3, 0.4) is 0 Å². The average Bonchev–Trinajstić information content (AvgIpc) is 2.54. The van der Waals surface area contributed by atoms with Gasteiger partial charge in [-0.05, 0) is 43.3 Å². The number of hydrogen-bond donors (Lipinski definition) is 2. The molecule has 0 bridgehead atoms. The second kappa shape index (κ2) is 7.26. The van der Waals surface area contributed by atoms with Crippen molar-refractivity contribution in [3.63, 3.8) is 0 Å². The number of hydrogen-bond acceptors (Lipinski definition) is 4. The van der Waals surface area contributed by atoms with Crippen molar-refractivity contribution in [1.29, 1.82) is 0 Å². The largest absolute Gasteiger partial charge is 0.495 e. The molecule has 5 nitrogen and oxygen atoms in total. The van der Waals surface area contributed by atoms with Crippen LogP contribution in [0.1, 0.15) is 17.3 Å². The molecule has 5 heteroatoms. The summed E-state index contributed by atoms with van der Waals surface area (Å²) in [4.78, 5) is 23.1. The number of benzene rings is 2. The van der Waals surface area contributed by atoms with Gasteiger partial charge < -0.3 is 15.4 Å². The number of amides is 1.